The van der Waals surface area contributed by atoms with Crippen molar-refractivity contribution in [2.24, 2.45) is 0 Å². The lowest BCUT2D eigenvalue weighted by Gasteiger charge is -2.05. The van der Waals surface area contributed by atoms with Gasteiger partial charge in [0.05, 0.1) is 0 Å². The Morgan fingerprint density at radius 2 is 2.11 bits per heavy atom. The first-order valence-electron chi connectivity index (χ1n) is 5.91. The van der Waals surface area contributed by atoms with Crippen molar-refractivity contribution in [3.8, 4) is 0 Å². The summed E-state index contributed by atoms with van der Waals surface area (Å²) in [5.74, 6) is 0.539. The van der Waals surface area contributed by atoms with E-state index in [1.165, 1.54) is 0 Å². The van der Waals surface area contributed by atoms with Crippen molar-refractivity contribution < 1.29 is 4.79 Å². The molecule has 1 aromatic carbocycles. The largest absolute Gasteiger partial charge is 0.334 e. The Morgan fingerprint density at radius 1 is 1.33 bits per heavy atom. The van der Waals surface area contributed by atoms with Crippen LogP contribution in [0.4, 0.5) is 10.6 Å². The molecule has 0 saturated carbocycles. The van der Waals surface area contributed by atoms with Crippen molar-refractivity contribution in [3.05, 3.63) is 47.7 Å². The van der Waals surface area contributed by atoms with Gasteiger partial charge in [0.25, 0.3) is 0 Å². The number of aromatic nitrogens is 2. The average Bonchev–Trinajstić information content (AvgIpc) is 2.85. The van der Waals surface area contributed by atoms with Crippen LogP contribution in [0.25, 0.3) is 0 Å². The van der Waals surface area contributed by atoms with Gasteiger partial charge < -0.3 is 5.32 Å². The molecule has 0 atom stereocenters. The summed E-state index contributed by atoms with van der Waals surface area (Å²) < 4.78 is 0. The SMILES string of the molecule is CCc1cc(NC(=O)NCc2ccccc2)n[nH]1. The first kappa shape index (κ1) is 12.2. The van der Waals surface area contributed by atoms with Crippen LogP contribution in [0.3, 0.4) is 0 Å². The fraction of sp³-hybridized carbons (Fsp3) is 0.231. The summed E-state index contributed by atoms with van der Waals surface area (Å²) in [5.41, 5.74) is 2.05. The van der Waals surface area contributed by atoms with Gasteiger partial charge in [-0.05, 0) is 12.0 Å². The topological polar surface area (TPSA) is 69.8 Å². The molecule has 0 bridgehead atoms. The van der Waals surface area contributed by atoms with Crippen LogP contribution >= 0.6 is 0 Å². The third-order valence-electron chi connectivity index (χ3n) is 2.55. The first-order chi connectivity index (χ1) is 8.78. The molecule has 2 aromatic rings. The van der Waals surface area contributed by atoms with Crippen molar-refractivity contribution in [3.63, 3.8) is 0 Å². The number of nitrogens with zero attached hydrogens (tertiary/aromatic N) is 1. The molecule has 2 rings (SSSR count). The maximum atomic E-state index is 11.6. The van der Waals surface area contributed by atoms with Crippen molar-refractivity contribution in [1.29, 1.82) is 0 Å². The summed E-state index contributed by atoms with van der Waals surface area (Å²) in [6.07, 6.45) is 0.861. The van der Waals surface area contributed by atoms with E-state index in [0.717, 1.165) is 17.7 Å². The van der Waals surface area contributed by atoms with Crippen LogP contribution in [-0.4, -0.2) is 16.2 Å². The van der Waals surface area contributed by atoms with Gasteiger partial charge in [0.15, 0.2) is 5.82 Å². The fourth-order valence-electron chi connectivity index (χ4n) is 1.55. The number of benzene rings is 1. The molecule has 5 heteroatoms. The number of aryl methyl sites for hydroxylation is 1. The minimum Gasteiger partial charge on any atom is -0.334 e. The van der Waals surface area contributed by atoms with Crippen molar-refractivity contribution in [2.75, 3.05) is 5.32 Å². The maximum absolute atomic E-state index is 11.6. The molecule has 0 radical (unpaired) electrons. The number of anilines is 1. The highest BCUT2D eigenvalue weighted by Crippen LogP contribution is 2.05. The van der Waals surface area contributed by atoms with E-state index >= 15 is 0 Å². The van der Waals surface area contributed by atoms with E-state index in [2.05, 4.69) is 20.8 Å². The highest BCUT2D eigenvalue weighted by Gasteiger charge is 2.04. The van der Waals surface area contributed by atoms with Crippen molar-refractivity contribution in [2.45, 2.75) is 19.9 Å². The highest BCUT2D eigenvalue weighted by atomic mass is 16.2. The van der Waals surface area contributed by atoms with Gasteiger partial charge in [-0.15, -0.1) is 0 Å². The van der Waals surface area contributed by atoms with Crippen LogP contribution in [0.15, 0.2) is 36.4 Å². The predicted molar refractivity (Wildman–Crippen MR) is 70.3 cm³/mol. The van der Waals surface area contributed by atoms with E-state index in [9.17, 15) is 4.79 Å². The number of hydrogen-bond donors (Lipinski definition) is 3. The number of H-pyrrole nitrogens is 1. The molecule has 0 aliphatic rings. The van der Waals surface area contributed by atoms with Gasteiger partial charge in [0.2, 0.25) is 0 Å². The molecule has 0 fully saturated rings. The molecule has 2 amide bonds. The Bertz CT molecular complexity index is 507. The van der Waals surface area contributed by atoms with E-state index in [1.54, 1.807) is 0 Å². The number of urea groups is 1. The third kappa shape index (κ3) is 3.35. The Kier molecular flexibility index (Phi) is 3.96. The van der Waals surface area contributed by atoms with Crippen LogP contribution in [0.5, 0.6) is 0 Å². The Balaban J connectivity index is 1.82. The minimum atomic E-state index is -0.256. The lowest BCUT2D eigenvalue weighted by molar-refractivity contribution is 0.251. The maximum Gasteiger partial charge on any atom is 0.320 e. The summed E-state index contributed by atoms with van der Waals surface area (Å²) in [5, 5.41) is 12.3. The Hall–Kier alpha value is -2.30. The van der Waals surface area contributed by atoms with Gasteiger partial charge in [0.1, 0.15) is 0 Å². The van der Waals surface area contributed by atoms with Gasteiger partial charge in [-0.3, -0.25) is 10.4 Å². The first-order valence-corrected chi connectivity index (χ1v) is 5.91. The number of aromatic amines is 1. The highest BCUT2D eigenvalue weighted by molar-refractivity contribution is 5.88. The average molecular weight is 244 g/mol. The number of rotatable bonds is 4. The molecular weight excluding hydrogens is 228 g/mol. The zero-order valence-corrected chi connectivity index (χ0v) is 10.2. The molecule has 18 heavy (non-hydrogen) atoms. The number of hydrogen-bond acceptors (Lipinski definition) is 2. The van der Waals surface area contributed by atoms with Gasteiger partial charge in [-0.25, -0.2) is 4.79 Å². The normalized spacial score (nSPS) is 10.1. The molecule has 1 aromatic heterocycles. The van der Waals surface area contributed by atoms with Gasteiger partial charge in [-0.1, -0.05) is 37.3 Å². The number of nitrogens with one attached hydrogen (secondary N) is 3. The molecule has 0 saturated heterocycles. The zero-order chi connectivity index (χ0) is 12.8. The lowest BCUT2D eigenvalue weighted by atomic mass is 10.2. The molecule has 1 heterocycles. The molecule has 0 aliphatic heterocycles. The predicted octanol–water partition coefficient (Wildman–Crippen LogP) is 2.29. The minimum absolute atomic E-state index is 0.256. The van der Waals surface area contributed by atoms with E-state index in [0.29, 0.717) is 12.4 Å². The quantitative estimate of drug-likeness (QED) is 0.772. The summed E-state index contributed by atoms with van der Waals surface area (Å²) in [6.45, 7) is 2.52. The van der Waals surface area contributed by atoms with Crippen LogP contribution in [0, 0.1) is 0 Å². The van der Waals surface area contributed by atoms with Crippen LogP contribution in [0.2, 0.25) is 0 Å². The van der Waals surface area contributed by atoms with E-state index < -0.39 is 0 Å². The summed E-state index contributed by atoms with van der Waals surface area (Å²) in [4.78, 5) is 11.6. The lowest BCUT2D eigenvalue weighted by Crippen LogP contribution is -2.28. The standard InChI is InChI=1S/C13H16N4O/c1-2-11-8-12(17-16-11)15-13(18)14-9-10-6-4-3-5-7-10/h3-8H,2,9H2,1H3,(H3,14,15,16,17,18). The van der Waals surface area contributed by atoms with Crippen LogP contribution < -0.4 is 10.6 Å². The number of amides is 2. The third-order valence-corrected chi connectivity index (χ3v) is 2.55. The molecule has 0 aliphatic carbocycles. The van der Waals surface area contributed by atoms with E-state index in [-0.39, 0.29) is 6.03 Å². The Morgan fingerprint density at radius 3 is 2.78 bits per heavy atom. The molecular formula is C13H16N4O. The summed E-state index contributed by atoms with van der Waals surface area (Å²) in [6, 6.07) is 11.3. The monoisotopic (exact) mass is 244 g/mol. The summed E-state index contributed by atoms with van der Waals surface area (Å²) >= 11 is 0. The Labute approximate surface area is 106 Å². The smallest absolute Gasteiger partial charge is 0.320 e. The molecule has 5 nitrogen and oxygen atoms in total. The van der Waals surface area contributed by atoms with Crippen molar-refractivity contribution >= 4 is 11.8 Å². The number of carbonyl (C=O) groups is 1. The second-order valence-corrected chi connectivity index (χ2v) is 3.93. The molecule has 0 spiro atoms. The molecule has 0 unspecified atom stereocenters. The van der Waals surface area contributed by atoms with Crippen LogP contribution in [-0.2, 0) is 13.0 Å². The summed E-state index contributed by atoms with van der Waals surface area (Å²) in [7, 11) is 0. The fourth-order valence-corrected chi connectivity index (χ4v) is 1.55. The molecule has 3 N–H and O–H groups in total. The second kappa shape index (κ2) is 5.86. The van der Waals surface area contributed by atoms with Crippen LogP contribution in [0.1, 0.15) is 18.2 Å². The zero-order valence-electron chi connectivity index (χ0n) is 10.2. The van der Waals surface area contributed by atoms with E-state index in [1.807, 2.05) is 43.3 Å². The number of carbonyl (C=O) groups excluding carboxylic acids is 1. The van der Waals surface area contributed by atoms with Crippen molar-refractivity contribution in [1.82, 2.24) is 15.5 Å². The second-order valence-electron chi connectivity index (χ2n) is 3.93. The van der Waals surface area contributed by atoms with Gasteiger partial charge in [0, 0.05) is 18.3 Å². The van der Waals surface area contributed by atoms with Gasteiger partial charge >= 0.3 is 6.03 Å². The van der Waals surface area contributed by atoms with E-state index in [4.69, 9.17) is 0 Å². The van der Waals surface area contributed by atoms with Gasteiger partial charge in [-0.2, -0.15) is 5.10 Å². The molecule has 94 valence electrons.